The Bertz CT molecular complexity index is 741. The summed E-state index contributed by atoms with van der Waals surface area (Å²) in [4.78, 5) is 29.6. The van der Waals surface area contributed by atoms with Crippen LogP contribution in [0.4, 0.5) is 11.4 Å². The molecular formula is C14H13N3O3S. The topological polar surface area (TPSA) is 76.3 Å². The molecule has 0 saturated heterocycles. The second-order valence-corrected chi connectivity index (χ2v) is 5.92. The fourth-order valence-electron chi connectivity index (χ4n) is 2.66. The highest BCUT2D eigenvalue weighted by atomic mass is 32.1. The molecule has 0 fully saturated rings. The predicted molar refractivity (Wildman–Crippen MR) is 79.9 cm³/mol. The van der Waals surface area contributed by atoms with Crippen LogP contribution in [0.2, 0.25) is 0 Å². The number of hydrogen-bond acceptors (Lipinski definition) is 5. The largest absolute Gasteiger partial charge is 0.304 e. The molecule has 0 bridgehead atoms. The van der Waals surface area contributed by atoms with Crippen molar-refractivity contribution in [3.63, 3.8) is 0 Å². The van der Waals surface area contributed by atoms with Crippen molar-refractivity contribution in [2.75, 3.05) is 4.90 Å². The maximum Gasteiger partial charge on any atom is 0.270 e. The van der Waals surface area contributed by atoms with E-state index in [9.17, 15) is 14.9 Å². The van der Waals surface area contributed by atoms with Crippen LogP contribution in [0.25, 0.3) is 0 Å². The number of fused-ring (bicyclic) bond motifs is 1. The minimum atomic E-state index is -0.414. The van der Waals surface area contributed by atoms with Gasteiger partial charge in [-0.2, -0.15) is 0 Å². The molecule has 0 unspecified atom stereocenters. The van der Waals surface area contributed by atoms with Gasteiger partial charge in [-0.1, -0.05) is 0 Å². The molecule has 6 nitrogen and oxygen atoms in total. The van der Waals surface area contributed by atoms with Crippen molar-refractivity contribution in [2.45, 2.75) is 26.3 Å². The van der Waals surface area contributed by atoms with Crippen LogP contribution in [-0.2, 0) is 6.42 Å². The molecule has 21 heavy (non-hydrogen) atoms. The zero-order chi connectivity index (χ0) is 15.1. The molecule has 7 heteroatoms. The summed E-state index contributed by atoms with van der Waals surface area (Å²) in [5.41, 5.74) is 4.02. The molecule has 3 rings (SSSR count). The molecule has 1 aliphatic rings. The Morgan fingerprint density at radius 3 is 2.90 bits per heavy atom. The maximum atomic E-state index is 12.7. The SMILES string of the molecule is Cc1ncsc1C(=O)N1c2ccc([N+](=O)[O-])cc2C[C@@H]1C. The third-order valence-corrected chi connectivity index (χ3v) is 4.56. The highest BCUT2D eigenvalue weighted by Crippen LogP contribution is 2.36. The van der Waals surface area contributed by atoms with Gasteiger partial charge < -0.3 is 4.90 Å². The summed E-state index contributed by atoms with van der Waals surface area (Å²) in [6.07, 6.45) is 0.626. The van der Waals surface area contributed by atoms with Gasteiger partial charge in [-0.15, -0.1) is 11.3 Å². The van der Waals surface area contributed by atoms with E-state index in [2.05, 4.69) is 4.98 Å². The van der Waals surface area contributed by atoms with Gasteiger partial charge in [0.25, 0.3) is 11.6 Å². The van der Waals surface area contributed by atoms with E-state index in [0.717, 1.165) is 11.3 Å². The Kier molecular flexibility index (Phi) is 3.21. The number of nitro benzene ring substituents is 1. The first-order valence-corrected chi connectivity index (χ1v) is 7.38. The van der Waals surface area contributed by atoms with E-state index >= 15 is 0 Å². The molecule has 0 aliphatic carbocycles. The third kappa shape index (κ3) is 2.19. The first-order valence-electron chi connectivity index (χ1n) is 6.50. The standard InChI is InChI=1S/C14H13N3O3S/c1-8-5-10-6-11(17(19)20)3-4-12(10)16(8)14(18)13-9(2)15-7-21-13/h3-4,6-8H,5H2,1-2H3/t8-/m0/s1. The molecule has 0 saturated carbocycles. The van der Waals surface area contributed by atoms with E-state index in [4.69, 9.17) is 0 Å². The third-order valence-electron chi connectivity index (χ3n) is 3.65. The molecule has 0 spiro atoms. The van der Waals surface area contributed by atoms with Gasteiger partial charge in [0, 0.05) is 23.9 Å². The molecule has 1 aliphatic heterocycles. The van der Waals surface area contributed by atoms with E-state index in [1.165, 1.54) is 17.4 Å². The van der Waals surface area contributed by atoms with Crippen molar-refractivity contribution in [3.8, 4) is 0 Å². The summed E-state index contributed by atoms with van der Waals surface area (Å²) in [5.74, 6) is -0.0879. The van der Waals surface area contributed by atoms with E-state index in [1.807, 2.05) is 6.92 Å². The van der Waals surface area contributed by atoms with Crippen molar-refractivity contribution in [2.24, 2.45) is 0 Å². The quantitative estimate of drug-likeness (QED) is 0.631. The Balaban J connectivity index is 2.01. The van der Waals surface area contributed by atoms with Crippen LogP contribution in [0.15, 0.2) is 23.7 Å². The lowest BCUT2D eigenvalue weighted by molar-refractivity contribution is -0.384. The summed E-state index contributed by atoms with van der Waals surface area (Å²) in [6.45, 7) is 3.75. The Labute approximate surface area is 125 Å². The maximum absolute atomic E-state index is 12.7. The number of anilines is 1. The van der Waals surface area contributed by atoms with Crippen LogP contribution in [0.5, 0.6) is 0 Å². The van der Waals surface area contributed by atoms with Gasteiger partial charge in [-0.25, -0.2) is 4.98 Å². The minimum Gasteiger partial charge on any atom is -0.304 e. The molecule has 0 radical (unpaired) electrons. The summed E-state index contributed by atoms with van der Waals surface area (Å²) in [6, 6.07) is 4.64. The number of aryl methyl sites for hydroxylation is 1. The lowest BCUT2D eigenvalue weighted by atomic mass is 10.1. The fraction of sp³-hybridized carbons (Fsp3) is 0.286. The molecule has 108 valence electrons. The summed E-state index contributed by atoms with van der Waals surface area (Å²) < 4.78 is 0. The fourth-order valence-corrected chi connectivity index (χ4v) is 3.40. The molecule has 0 N–H and O–H groups in total. The number of non-ortho nitro benzene ring substituents is 1. The van der Waals surface area contributed by atoms with Crippen LogP contribution < -0.4 is 4.90 Å². The zero-order valence-electron chi connectivity index (χ0n) is 11.6. The molecular weight excluding hydrogens is 290 g/mol. The number of carbonyl (C=O) groups is 1. The summed E-state index contributed by atoms with van der Waals surface area (Å²) in [7, 11) is 0. The van der Waals surface area contributed by atoms with Crippen LogP contribution in [0, 0.1) is 17.0 Å². The molecule has 1 atom stereocenters. The van der Waals surface area contributed by atoms with E-state index in [1.54, 1.807) is 29.5 Å². The molecule has 1 aromatic carbocycles. The first-order chi connectivity index (χ1) is 9.99. The number of benzene rings is 1. The normalized spacial score (nSPS) is 16.9. The van der Waals surface area contributed by atoms with Crippen molar-refractivity contribution < 1.29 is 9.72 Å². The van der Waals surface area contributed by atoms with Gasteiger partial charge in [0.15, 0.2) is 0 Å². The number of hydrogen-bond donors (Lipinski definition) is 0. The lowest BCUT2D eigenvalue weighted by Gasteiger charge is -2.22. The second kappa shape index (κ2) is 4.92. The van der Waals surface area contributed by atoms with Crippen LogP contribution in [0.3, 0.4) is 0 Å². The number of carbonyl (C=O) groups excluding carboxylic acids is 1. The number of amides is 1. The van der Waals surface area contributed by atoms with Crippen molar-refractivity contribution in [1.82, 2.24) is 4.98 Å². The van der Waals surface area contributed by atoms with Crippen molar-refractivity contribution in [1.29, 1.82) is 0 Å². The molecule has 1 amide bonds. The van der Waals surface area contributed by atoms with Gasteiger partial charge >= 0.3 is 0 Å². The zero-order valence-corrected chi connectivity index (χ0v) is 12.4. The van der Waals surface area contributed by atoms with E-state index < -0.39 is 4.92 Å². The Morgan fingerprint density at radius 1 is 1.52 bits per heavy atom. The summed E-state index contributed by atoms with van der Waals surface area (Å²) in [5, 5.41) is 10.8. The van der Waals surface area contributed by atoms with E-state index in [0.29, 0.717) is 17.0 Å². The average molecular weight is 303 g/mol. The number of nitro groups is 1. The predicted octanol–water partition coefficient (Wildman–Crippen LogP) is 2.95. The van der Waals surface area contributed by atoms with Gasteiger partial charge in [0.2, 0.25) is 0 Å². The van der Waals surface area contributed by atoms with Crippen LogP contribution in [-0.4, -0.2) is 21.9 Å². The van der Waals surface area contributed by atoms with Crippen molar-refractivity contribution in [3.05, 3.63) is 50.0 Å². The number of rotatable bonds is 2. The first kappa shape index (κ1) is 13.7. The highest BCUT2D eigenvalue weighted by Gasteiger charge is 2.33. The number of thiazole rings is 1. The van der Waals surface area contributed by atoms with Gasteiger partial charge in [-0.3, -0.25) is 14.9 Å². The summed E-state index contributed by atoms with van der Waals surface area (Å²) >= 11 is 1.32. The second-order valence-electron chi connectivity index (χ2n) is 5.07. The monoisotopic (exact) mass is 303 g/mol. The number of aromatic nitrogens is 1. The van der Waals surface area contributed by atoms with Gasteiger partial charge in [0.1, 0.15) is 4.88 Å². The average Bonchev–Trinajstić information content (AvgIpc) is 2.99. The number of nitrogens with zero attached hydrogens (tertiary/aromatic N) is 3. The molecule has 2 aromatic rings. The van der Waals surface area contributed by atoms with Crippen LogP contribution >= 0.6 is 11.3 Å². The van der Waals surface area contributed by atoms with Crippen LogP contribution in [0.1, 0.15) is 27.9 Å². The van der Waals surface area contributed by atoms with Gasteiger partial charge in [0.05, 0.1) is 16.1 Å². The Morgan fingerprint density at radius 2 is 2.29 bits per heavy atom. The molecule has 1 aromatic heterocycles. The smallest absolute Gasteiger partial charge is 0.270 e. The minimum absolute atomic E-state index is 0.0176. The van der Waals surface area contributed by atoms with Crippen molar-refractivity contribution >= 4 is 28.6 Å². The van der Waals surface area contributed by atoms with Gasteiger partial charge in [-0.05, 0) is 31.9 Å². The van der Waals surface area contributed by atoms with E-state index in [-0.39, 0.29) is 17.6 Å². The Hall–Kier alpha value is -2.28. The molecule has 2 heterocycles. The highest BCUT2D eigenvalue weighted by molar-refractivity contribution is 7.12. The lowest BCUT2D eigenvalue weighted by Crippen LogP contribution is -2.35.